The molecule has 1 aliphatic heterocycles. The van der Waals surface area contributed by atoms with Gasteiger partial charge in [-0.15, -0.1) is 0 Å². The molecule has 1 saturated heterocycles. The second-order valence-corrected chi connectivity index (χ2v) is 3.86. The van der Waals surface area contributed by atoms with E-state index in [4.69, 9.17) is 0 Å². The molecule has 1 aliphatic rings. The van der Waals surface area contributed by atoms with Gasteiger partial charge in [0.15, 0.2) is 0 Å². The van der Waals surface area contributed by atoms with E-state index in [2.05, 4.69) is 19.2 Å². The molecule has 0 amide bonds. The molecule has 1 N–H and O–H groups in total. The molecule has 1 heterocycles. The molecule has 0 saturated carbocycles. The topological polar surface area (TPSA) is 12.0 Å². The Morgan fingerprint density at radius 2 is 2.09 bits per heavy atom. The van der Waals surface area contributed by atoms with Crippen molar-refractivity contribution in [3.63, 3.8) is 0 Å². The van der Waals surface area contributed by atoms with Gasteiger partial charge in [0, 0.05) is 6.04 Å². The van der Waals surface area contributed by atoms with E-state index in [1.54, 1.807) is 6.92 Å². The highest BCUT2D eigenvalue weighted by Gasteiger charge is 2.29. The Morgan fingerprint density at radius 3 is 2.55 bits per heavy atom. The molecule has 1 nitrogen and oxygen atoms in total. The molecule has 0 aromatic rings. The van der Waals surface area contributed by atoms with E-state index in [0.29, 0.717) is 12.0 Å². The molecule has 4 unspecified atom stereocenters. The zero-order valence-electron chi connectivity index (χ0n) is 7.60. The van der Waals surface area contributed by atoms with Gasteiger partial charge >= 0.3 is 0 Å². The molecule has 4 atom stereocenters. The number of alkyl halides is 1. The predicted octanol–water partition coefficient (Wildman–Crippen LogP) is 1.98. The fourth-order valence-corrected chi connectivity index (χ4v) is 1.90. The molecule has 0 bridgehead atoms. The third kappa shape index (κ3) is 2.16. The molecule has 66 valence electrons. The first-order chi connectivity index (χ1) is 5.11. The van der Waals surface area contributed by atoms with E-state index in [0.717, 1.165) is 13.0 Å². The van der Waals surface area contributed by atoms with Crippen LogP contribution in [0.5, 0.6) is 0 Å². The quantitative estimate of drug-likeness (QED) is 0.617. The highest BCUT2D eigenvalue weighted by molar-refractivity contribution is 4.82. The second-order valence-electron chi connectivity index (χ2n) is 3.86. The number of hydrogen-bond donors (Lipinski definition) is 1. The summed E-state index contributed by atoms with van der Waals surface area (Å²) in [6.07, 6.45) is 0.341. The van der Waals surface area contributed by atoms with Crippen molar-refractivity contribution in [2.45, 2.75) is 39.4 Å². The molecular weight excluding hydrogens is 141 g/mol. The van der Waals surface area contributed by atoms with Crippen LogP contribution in [-0.2, 0) is 0 Å². The maximum absolute atomic E-state index is 13.0. The summed E-state index contributed by atoms with van der Waals surface area (Å²) in [6.45, 7) is 6.90. The molecule has 0 aromatic heterocycles. The van der Waals surface area contributed by atoms with Crippen LogP contribution in [0.25, 0.3) is 0 Å². The molecule has 1 fully saturated rings. The summed E-state index contributed by atoms with van der Waals surface area (Å²) >= 11 is 0. The highest BCUT2D eigenvalue weighted by atomic mass is 19.1. The van der Waals surface area contributed by atoms with E-state index < -0.39 is 6.17 Å². The van der Waals surface area contributed by atoms with Crippen LogP contribution in [0.3, 0.4) is 0 Å². The SMILES string of the molecule is CC1CC(C(C)F)C(C)CN1. The molecule has 0 spiro atoms. The van der Waals surface area contributed by atoms with Gasteiger partial charge in [0.2, 0.25) is 0 Å². The van der Waals surface area contributed by atoms with Crippen molar-refractivity contribution in [3.8, 4) is 0 Å². The Bertz CT molecular complexity index is 125. The Morgan fingerprint density at radius 1 is 1.45 bits per heavy atom. The van der Waals surface area contributed by atoms with Gasteiger partial charge in [0.25, 0.3) is 0 Å². The Labute approximate surface area is 68.4 Å². The lowest BCUT2D eigenvalue weighted by molar-refractivity contribution is 0.132. The van der Waals surface area contributed by atoms with E-state index in [1.165, 1.54) is 0 Å². The maximum Gasteiger partial charge on any atom is 0.100 e. The number of piperidine rings is 1. The monoisotopic (exact) mass is 159 g/mol. The number of nitrogens with one attached hydrogen (secondary N) is 1. The highest BCUT2D eigenvalue weighted by Crippen LogP contribution is 2.26. The lowest BCUT2D eigenvalue weighted by Crippen LogP contribution is -2.43. The van der Waals surface area contributed by atoms with E-state index in [9.17, 15) is 4.39 Å². The Hall–Kier alpha value is -0.110. The van der Waals surface area contributed by atoms with Crippen LogP contribution in [0, 0.1) is 11.8 Å². The van der Waals surface area contributed by atoms with Crippen molar-refractivity contribution in [1.82, 2.24) is 5.32 Å². The molecule has 1 rings (SSSR count). The van der Waals surface area contributed by atoms with Crippen molar-refractivity contribution in [3.05, 3.63) is 0 Å². The van der Waals surface area contributed by atoms with Crippen LogP contribution in [0.15, 0.2) is 0 Å². The van der Waals surface area contributed by atoms with Gasteiger partial charge in [-0.2, -0.15) is 0 Å². The third-order valence-electron chi connectivity index (χ3n) is 2.73. The van der Waals surface area contributed by atoms with Gasteiger partial charge in [-0.1, -0.05) is 6.92 Å². The largest absolute Gasteiger partial charge is 0.314 e. The van der Waals surface area contributed by atoms with Crippen LogP contribution in [0.1, 0.15) is 27.2 Å². The smallest absolute Gasteiger partial charge is 0.100 e. The Balaban J connectivity index is 2.47. The summed E-state index contributed by atoms with van der Waals surface area (Å²) in [5.74, 6) is 0.762. The minimum Gasteiger partial charge on any atom is -0.314 e. The van der Waals surface area contributed by atoms with Gasteiger partial charge in [-0.3, -0.25) is 0 Å². The average molecular weight is 159 g/mol. The van der Waals surface area contributed by atoms with Crippen LogP contribution >= 0.6 is 0 Å². The van der Waals surface area contributed by atoms with Gasteiger partial charge in [0.1, 0.15) is 6.17 Å². The average Bonchev–Trinajstić information content (AvgIpc) is 1.94. The summed E-state index contributed by atoms with van der Waals surface area (Å²) in [5.41, 5.74) is 0. The molecule has 11 heavy (non-hydrogen) atoms. The summed E-state index contributed by atoms with van der Waals surface area (Å²) < 4.78 is 13.0. The molecule has 0 aliphatic carbocycles. The van der Waals surface area contributed by atoms with Gasteiger partial charge < -0.3 is 5.32 Å². The van der Waals surface area contributed by atoms with E-state index in [1.807, 2.05) is 0 Å². The lowest BCUT2D eigenvalue weighted by atomic mass is 9.82. The normalized spacial score (nSPS) is 42.0. The zero-order valence-corrected chi connectivity index (χ0v) is 7.60. The fraction of sp³-hybridized carbons (Fsp3) is 1.00. The van der Waals surface area contributed by atoms with Crippen molar-refractivity contribution in [1.29, 1.82) is 0 Å². The van der Waals surface area contributed by atoms with Crippen LogP contribution in [-0.4, -0.2) is 18.8 Å². The van der Waals surface area contributed by atoms with Crippen LogP contribution in [0.2, 0.25) is 0 Å². The van der Waals surface area contributed by atoms with Gasteiger partial charge in [-0.05, 0) is 38.6 Å². The number of rotatable bonds is 1. The first-order valence-electron chi connectivity index (χ1n) is 4.48. The summed E-state index contributed by atoms with van der Waals surface area (Å²) in [4.78, 5) is 0. The first-order valence-corrected chi connectivity index (χ1v) is 4.48. The van der Waals surface area contributed by atoms with Crippen molar-refractivity contribution in [2.75, 3.05) is 6.54 Å². The summed E-state index contributed by atoms with van der Waals surface area (Å²) in [6, 6.07) is 0.495. The van der Waals surface area contributed by atoms with Crippen LogP contribution in [0.4, 0.5) is 4.39 Å². The van der Waals surface area contributed by atoms with Crippen molar-refractivity contribution >= 4 is 0 Å². The molecule has 0 aromatic carbocycles. The lowest BCUT2D eigenvalue weighted by Gasteiger charge is -2.34. The maximum atomic E-state index is 13.0. The van der Waals surface area contributed by atoms with Crippen molar-refractivity contribution < 1.29 is 4.39 Å². The van der Waals surface area contributed by atoms with E-state index in [-0.39, 0.29) is 5.92 Å². The molecule has 0 radical (unpaired) electrons. The van der Waals surface area contributed by atoms with Crippen LogP contribution < -0.4 is 5.32 Å². The van der Waals surface area contributed by atoms with Gasteiger partial charge in [0.05, 0.1) is 0 Å². The fourth-order valence-electron chi connectivity index (χ4n) is 1.90. The third-order valence-corrected chi connectivity index (χ3v) is 2.73. The first kappa shape index (κ1) is 8.98. The molecular formula is C9H18FN. The van der Waals surface area contributed by atoms with E-state index >= 15 is 0 Å². The standard InChI is InChI=1S/C9H18FN/c1-6-5-11-7(2)4-9(6)8(3)10/h6-9,11H,4-5H2,1-3H3. The Kier molecular flexibility index (Phi) is 2.88. The summed E-state index contributed by atoms with van der Waals surface area (Å²) in [7, 11) is 0. The van der Waals surface area contributed by atoms with Crippen molar-refractivity contribution in [2.24, 2.45) is 11.8 Å². The zero-order chi connectivity index (χ0) is 8.43. The minimum absolute atomic E-state index is 0.270. The molecule has 2 heteroatoms. The minimum atomic E-state index is -0.644. The number of halogens is 1. The predicted molar refractivity (Wildman–Crippen MR) is 45.3 cm³/mol. The second kappa shape index (κ2) is 3.53. The summed E-state index contributed by atoms with van der Waals surface area (Å²) in [5, 5.41) is 3.35. The van der Waals surface area contributed by atoms with Gasteiger partial charge in [-0.25, -0.2) is 4.39 Å². The number of hydrogen-bond acceptors (Lipinski definition) is 1.